The van der Waals surface area contributed by atoms with Crippen molar-refractivity contribution in [2.45, 2.75) is 63.2 Å². The number of piperidine rings is 1. The van der Waals surface area contributed by atoms with Gasteiger partial charge in [-0.15, -0.1) is 0 Å². The molecule has 1 N–H and O–H groups in total. The fraction of sp³-hybridized carbons (Fsp3) is 0.609. The van der Waals surface area contributed by atoms with Crippen LogP contribution in [0.5, 0.6) is 0 Å². The largest absolute Gasteiger partial charge is 0.348 e. The predicted octanol–water partition coefficient (Wildman–Crippen LogP) is 2.18. The molecule has 5 rings (SSSR count). The van der Waals surface area contributed by atoms with Crippen LogP contribution in [-0.4, -0.2) is 39.9 Å². The molecular weight excluding hydrogens is 398 g/mol. The first-order chi connectivity index (χ1) is 15.0. The average molecular weight is 428 g/mol. The molecule has 0 bridgehead atoms. The summed E-state index contributed by atoms with van der Waals surface area (Å²) in [6.45, 7) is 1.42. The third-order valence-corrected chi connectivity index (χ3v) is 7.20. The topological polar surface area (TPSA) is 91.6 Å². The zero-order valence-corrected chi connectivity index (χ0v) is 17.9. The molecule has 0 radical (unpaired) electrons. The van der Waals surface area contributed by atoms with Gasteiger partial charge in [0.2, 0.25) is 11.8 Å². The Morgan fingerprint density at radius 2 is 1.81 bits per heavy atom. The minimum Gasteiger partial charge on any atom is -0.348 e. The van der Waals surface area contributed by atoms with Crippen LogP contribution in [0, 0.1) is 5.92 Å². The first-order valence-corrected chi connectivity index (χ1v) is 11.3. The first kappa shape index (κ1) is 20.5. The Bertz CT molecular complexity index is 1070. The highest BCUT2D eigenvalue weighted by Gasteiger charge is 2.40. The van der Waals surface area contributed by atoms with E-state index in [9.17, 15) is 14.4 Å². The van der Waals surface area contributed by atoms with Crippen molar-refractivity contribution < 1.29 is 19.1 Å². The molecule has 2 saturated heterocycles. The van der Waals surface area contributed by atoms with Crippen LogP contribution in [0.3, 0.4) is 0 Å². The number of carbonyl (C=O) groups excluding carboxylic acids is 2. The van der Waals surface area contributed by atoms with Crippen LogP contribution >= 0.6 is 0 Å². The number of hydrogen-bond donors (Lipinski definition) is 1. The van der Waals surface area contributed by atoms with Gasteiger partial charge in [-0.25, -0.2) is 4.79 Å². The summed E-state index contributed by atoms with van der Waals surface area (Å²) in [7, 11) is 1.74. The lowest BCUT2D eigenvalue weighted by Crippen LogP contribution is -2.44. The third kappa shape index (κ3) is 3.72. The van der Waals surface area contributed by atoms with Gasteiger partial charge in [-0.3, -0.25) is 24.0 Å². The molecule has 8 nitrogen and oxygen atoms in total. The molecule has 31 heavy (non-hydrogen) atoms. The standard InChI is InChI=1S/C23H29N3O5/c1-25-19-14-16(3-2-15-8-10-23(11-9-15)30-12-13-31-23)4-5-17(19)26(22(25)29)18-6-7-20(27)24-21(18)28/h4-5,14-15,18H,2-3,6-13H2,1H3,(H,24,27,28). The zero-order valence-electron chi connectivity index (χ0n) is 17.9. The van der Waals surface area contributed by atoms with Crippen LogP contribution in [0.1, 0.15) is 56.6 Å². The number of aryl methyl sites for hydroxylation is 2. The van der Waals surface area contributed by atoms with Gasteiger partial charge in [0.1, 0.15) is 6.04 Å². The van der Waals surface area contributed by atoms with Gasteiger partial charge in [0, 0.05) is 26.3 Å². The van der Waals surface area contributed by atoms with E-state index in [1.165, 1.54) is 10.1 Å². The second kappa shape index (κ2) is 7.91. The van der Waals surface area contributed by atoms with E-state index in [0.29, 0.717) is 25.6 Å². The molecule has 8 heteroatoms. The Labute approximate surface area is 180 Å². The Kier molecular flexibility index (Phi) is 5.22. The van der Waals surface area contributed by atoms with Gasteiger partial charge in [-0.05, 0) is 55.7 Å². The molecule has 1 saturated carbocycles. The van der Waals surface area contributed by atoms with Crippen LogP contribution < -0.4 is 11.0 Å². The molecule has 1 atom stereocenters. The Morgan fingerprint density at radius 1 is 1.06 bits per heavy atom. The minimum absolute atomic E-state index is 0.226. The molecule has 2 aliphatic heterocycles. The highest BCUT2D eigenvalue weighted by atomic mass is 16.7. The van der Waals surface area contributed by atoms with Crippen LogP contribution in [0.2, 0.25) is 0 Å². The van der Waals surface area contributed by atoms with Gasteiger partial charge in [0.25, 0.3) is 0 Å². The van der Waals surface area contributed by atoms with E-state index in [2.05, 4.69) is 17.4 Å². The SMILES string of the molecule is Cn1c(=O)n(C2CCC(=O)NC2=O)c2ccc(CCC3CCC4(CC3)OCCO4)cc21. The van der Waals surface area contributed by atoms with Crippen LogP contribution in [-0.2, 0) is 32.5 Å². The van der Waals surface area contributed by atoms with E-state index < -0.39 is 11.9 Å². The smallest absolute Gasteiger partial charge is 0.329 e. The highest BCUT2D eigenvalue weighted by molar-refractivity contribution is 6.00. The van der Waals surface area contributed by atoms with Gasteiger partial charge < -0.3 is 9.47 Å². The van der Waals surface area contributed by atoms with Crippen molar-refractivity contribution in [3.8, 4) is 0 Å². The fourth-order valence-corrected chi connectivity index (χ4v) is 5.36. The van der Waals surface area contributed by atoms with Crippen molar-refractivity contribution in [1.29, 1.82) is 0 Å². The normalized spacial score (nSPS) is 24.2. The lowest BCUT2D eigenvalue weighted by molar-refractivity contribution is -0.182. The van der Waals surface area contributed by atoms with E-state index in [1.807, 2.05) is 6.07 Å². The fourth-order valence-electron chi connectivity index (χ4n) is 5.36. The third-order valence-electron chi connectivity index (χ3n) is 7.20. The van der Waals surface area contributed by atoms with Gasteiger partial charge in [0.05, 0.1) is 24.2 Å². The summed E-state index contributed by atoms with van der Waals surface area (Å²) in [5.74, 6) is -0.338. The number of imide groups is 1. The summed E-state index contributed by atoms with van der Waals surface area (Å²) >= 11 is 0. The maximum Gasteiger partial charge on any atom is 0.329 e. The maximum absolute atomic E-state index is 12.9. The minimum atomic E-state index is -0.644. The molecule has 3 aliphatic rings. The first-order valence-electron chi connectivity index (χ1n) is 11.3. The number of nitrogens with zero attached hydrogens (tertiary/aromatic N) is 2. The number of amides is 2. The Hall–Kier alpha value is -2.45. The van der Waals surface area contributed by atoms with Crippen molar-refractivity contribution >= 4 is 22.8 Å². The van der Waals surface area contributed by atoms with E-state index in [0.717, 1.165) is 49.6 Å². The summed E-state index contributed by atoms with van der Waals surface area (Å²) in [6.07, 6.45) is 6.83. The molecule has 166 valence electrons. The van der Waals surface area contributed by atoms with Gasteiger partial charge in [0.15, 0.2) is 5.79 Å². The van der Waals surface area contributed by atoms with E-state index in [4.69, 9.17) is 9.47 Å². The van der Waals surface area contributed by atoms with Gasteiger partial charge in [-0.2, -0.15) is 0 Å². The number of rotatable bonds is 4. The maximum atomic E-state index is 12.9. The van der Waals surface area contributed by atoms with Crippen molar-refractivity contribution in [1.82, 2.24) is 14.5 Å². The van der Waals surface area contributed by atoms with Crippen molar-refractivity contribution in [3.05, 3.63) is 34.2 Å². The number of nitrogens with one attached hydrogen (secondary N) is 1. The lowest BCUT2D eigenvalue weighted by Gasteiger charge is -2.35. The lowest BCUT2D eigenvalue weighted by atomic mass is 9.82. The summed E-state index contributed by atoms with van der Waals surface area (Å²) in [5, 5.41) is 2.35. The number of fused-ring (bicyclic) bond motifs is 1. The molecular formula is C23H29N3O5. The zero-order chi connectivity index (χ0) is 21.6. The summed E-state index contributed by atoms with van der Waals surface area (Å²) in [5.41, 5.74) is 2.52. The van der Waals surface area contributed by atoms with Gasteiger partial charge >= 0.3 is 5.69 Å². The number of carbonyl (C=O) groups is 2. The second-order valence-corrected chi connectivity index (χ2v) is 9.09. The monoisotopic (exact) mass is 427 g/mol. The number of benzene rings is 1. The van der Waals surface area contributed by atoms with E-state index >= 15 is 0 Å². The molecule has 2 aromatic rings. The molecule has 1 aliphatic carbocycles. The number of aromatic nitrogens is 2. The van der Waals surface area contributed by atoms with Crippen LogP contribution in [0.25, 0.3) is 11.0 Å². The van der Waals surface area contributed by atoms with E-state index in [-0.39, 0.29) is 23.8 Å². The molecule has 2 amide bonds. The number of hydrogen-bond acceptors (Lipinski definition) is 5. The van der Waals surface area contributed by atoms with Crippen molar-refractivity contribution in [2.24, 2.45) is 13.0 Å². The Morgan fingerprint density at radius 3 is 2.52 bits per heavy atom. The average Bonchev–Trinajstić information content (AvgIpc) is 3.31. The highest BCUT2D eigenvalue weighted by Crippen LogP contribution is 2.39. The summed E-state index contributed by atoms with van der Waals surface area (Å²) in [6, 6.07) is 5.41. The molecule has 1 unspecified atom stereocenters. The summed E-state index contributed by atoms with van der Waals surface area (Å²) < 4.78 is 14.8. The van der Waals surface area contributed by atoms with Crippen molar-refractivity contribution in [2.75, 3.05) is 13.2 Å². The number of ether oxygens (including phenoxy) is 2. The van der Waals surface area contributed by atoms with Crippen molar-refractivity contribution in [3.63, 3.8) is 0 Å². The predicted molar refractivity (Wildman–Crippen MR) is 114 cm³/mol. The van der Waals surface area contributed by atoms with Crippen LogP contribution in [0.4, 0.5) is 0 Å². The van der Waals surface area contributed by atoms with E-state index in [1.54, 1.807) is 11.6 Å². The second-order valence-electron chi connectivity index (χ2n) is 9.09. The molecule has 1 spiro atoms. The molecule has 1 aromatic heterocycles. The van der Waals surface area contributed by atoms with Gasteiger partial charge in [-0.1, -0.05) is 6.07 Å². The summed E-state index contributed by atoms with van der Waals surface area (Å²) in [4.78, 5) is 36.7. The van der Waals surface area contributed by atoms with Crippen LogP contribution in [0.15, 0.2) is 23.0 Å². The molecule has 1 aromatic carbocycles. The molecule has 3 heterocycles. The molecule has 3 fully saturated rings. The Balaban J connectivity index is 1.30. The number of imidazole rings is 1. The quantitative estimate of drug-likeness (QED) is 0.756.